The maximum atomic E-state index is 9.12. The second-order valence-electron chi connectivity index (χ2n) is 3.63. The van der Waals surface area contributed by atoms with Crippen LogP contribution in [0.2, 0.25) is 0 Å². The summed E-state index contributed by atoms with van der Waals surface area (Å²) in [6, 6.07) is 3.97. The second kappa shape index (κ2) is 3.94. The third-order valence-corrected chi connectivity index (χ3v) is 2.43. The fourth-order valence-corrected chi connectivity index (χ4v) is 1.62. The minimum Gasteiger partial charge on any atom is -0.390 e. The SMILES string of the molecule is CNc1ccnc(CN2CC(O)C2)c1. The summed E-state index contributed by atoms with van der Waals surface area (Å²) in [5.74, 6) is 0. The van der Waals surface area contributed by atoms with Crippen molar-refractivity contribution in [3.8, 4) is 0 Å². The molecule has 2 N–H and O–H groups in total. The first-order chi connectivity index (χ1) is 6.78. The molecule has 76 valence electrons. The van der Waals surface area contributed by atoms with Crippen molar-refractivity contribution in [3.05, 3.63) is 24.0 Å². The van der Waals surface area contributed by atoms with E-state index in [-0.39, 0.29) is 6.10 Å². The molecule has 0 aromatic carbocycles. The van der Waals surface area contributed by atoms with Crippen molar-refractivity contribution in [1.82, 2.24) is 9.88 Å². The molecule has 0 spiro atoms. The van der Waals surface area contributed by atoms with Crippen molar-refractivity contribution in [2.24, 2.45) is 0 Å². The number of hydrogen-bond acceptors (Lipinski definition) is 4. The van der Waals surface area contributed by atoms with Crippen molar-refractivity contribution in [2.45, 2.75) is 12.6 Å². The van der Waals surface area contributed by atoms with E-state index in [2.05, 4.69) is 15.2 Å². The smallest absolute Gasteiger partial charge is 0.0794 e. The van der Waals surface area contributed by atoms with E-state index in [1.807, 2.05) is 19.2 Å². The minimum atomic E-state index is -0.137. The zero-order chi connectivity index (χ0) is 9.97. The number of anilines is 1. The largest absolute Gasteiger partial charge is 0.390 e. The van der Waals surface area contributed by atoms with Gasteiger partial charge in [-0.1, -0.05) is 0 Å². The van der Waals surface area contributed by atoms with Gasteiger partial charge < -0.3 is 10.4 Å². The second-order valence-corrected chi connectivity index (χ2v) is 3.63. The molecule has 0 unspecified atom stereocenters. The summed E-state index contributed by atoms with van der Waals surface area (Å²) in [5, 5.41) is 12.2. The number of β-amino-alcohol motifs (C(OH)–C–C–N with tert-alkyl or cyclic N) is 1. The maximum Gasteiger partial charge on any atom is 0.0794 e. The topological polar surface area (TPSA) is 48.4 Å². The van der Waals surface area contributed by atoms with Crippen LogP contribution < -0.4 is 5.32 Å². The number of aliphatic hydroxyl groups excluding tert-OH is 1. The molecule has 1 saturated heterocycles. The minimum absolute atomic E-state index is 0.137. The highest BCUT2D eigenvalue weighted by Crippen LogP contribution is 2.13. The van der Waals surface area contributed by atoms with E-state index in [9.17, 15) is 0 Å². The number of nitrogens with zero attached hydrogens (tertiary/aromatic N) is 2. The van der Waals surface area contributed by atoms with Crippen molar-refractivity contribution in [3.63, 3.8) is 0 Å². The van der Waals surface area contributed by atoms with Crippen LogP contribution in [-0.2, 0) is 6.54 Å². The van der Waals surface area contributed by atoms with Crippen LogP contribution in [0.4, 0.5) is 5.69 Å². The molecule has 1 aromatic rings. The van der Waals surface area contributed by atoms with Crippen LogP contribution >= 0.6 is 0 Å². The number of likely N-dealkylation sites (tertiary alicyclic amines) is 1. The lowest BCUT2D eigenvalue weighted by atomic mass is 10.1. The van der Waals surface area contributed by atoms with Gasteiger partial charge in [-0.15, -0.1) is 0 Å². The van der Waals surface area contributed by atoms with E-state index in [4.69, 9.17) is 5.11 Å². The Morgan fingerprint density at radius 3 is 3.07 bits per heavy atom. The third-order valence-electron chi connectivity index (χ3n) is 2.43. The van der Waals surface area contributed by atoms with Crippen molar-refractivity contribution >= 4 is 5.69 Å². The number of rotatable bonds is 3. The Morgan fingerprint density at radius 2 is 2.43 bits per heavy atom. The molecule has 1 aliphatic rings. The Morgan fingerprint density at radius 1 is 1.64 bits per heavy atom. The molecule has 0 radical (unpaired) electrons. The summed E-state index contributed by atoms with van der Waals surface area (Å²) < 4.78 is 0. The third kappa shape index (κ3) is 2.02. The molecule has 4 nitrogen and oxygen atoms in total. The van der Waals surface area contributed by atoms with Crippen molar-refractivity contribution in [2.75, 3.05) is 25.5 Å². The van der Waals surface area contributed by atoms with Crippen LogP contribution in [0, 0.1) is 0 Å². The molecule has 0 atom stereocenters. The van der Waals surface area contributed by atoms with Gasteiger partial charge in [0.2, 0.25) is 0 Å². The molecule has 1 aromatic heterocycles. The van der Waals surface area contributed by atoms with E-state index in [1.165, 1.54) is 0 Å². The maximum absolute atomic E-state index is 9.12. The normalized spacial score (nSPS) is 17.9. The summed E-state index contributed by atoms with van der Waals surface area (Å²) in [5.41, 5.74) is 2.12. The van der Waals surface area contributed by atoms with Crippen molar-refractivity contribution < 1.29 is 5.11 Å². The number of hydrogen-bond donors (Lipinski definition) is 2. The molecule has 0 aliphatic carbocycles. The van der Waals surface area contributed by atoms with Gasteiger partial charge in [0.25, 0.3) is 0 Å². The number of aliphatic hydroxyl groups is 1. The van der Waals surface area contributed by atoms with Crippen LogP contribution in [-0.4, -0.2) is 41.2 Å². The molecular weight excluding hydrogens is 178 g/mol. The van der Waals surface area contributed by atoms with E-state index in [0.717, 1.165) is 31.0 Å². The number of aromatic nitrogens is 1. The monoisotopic (exact) mass is 193 g/mol. The Kier molecular flexibility index (Phi) is 2.65. The summed E-state index contributed by atoms with van der Waals surface area (Å²) in [7, 11) is 1.90. The van der Waals surface area contributed by atoms with Crippen LogP contribution in [0.1, 0.15) is 5.69 Å². The highest BCUT2D eigenvalue weighted by atomic mass is 16.3. The Hall–Kier alpha value is -1.13. The fraction of sp³-hybridized carbons (Fsp3) is 0.500. The molecular formula is C10H15N3O. The van der Waals surface area contributed by atoms with E-state index in [1.54, 1.807) is 6.20 Å². The predicted molar refractivity (Wildman–Crippen MR) is 55.1 cm³/mol. The first-order valence-electron chi connectivity index (χ1n) is 4.81. The summed E-state index contributed by atoms with van der Waals surface area (Å²) >= 11 is 0. The number of nitrogens with one attached hydrogen (secondary N) is 1. The lowest BCUT2D eigenvalue weighted by Gasteiger charge is -2.35. The lowest BCUT2D eigenvalue weighted by Crippen LogP contribution is -2.49. The first-order valence-corrected chi connectivity index (χ1v) is 4.81. The van der Waals surface area contributed by atoms with Gasteiger partial charge in [0.05, 0.1) is 11.8 Å². The summed E-state index contributed by atoms with van der Waals surface area (Å²) in [6.45, 7) is 2.36. The van der Waals surface area contributed by atoms with Gasteiger partial charge in [-0.3, -0.25) is 9.88 Å². The molecule has 1 aliphatic heterocycles. The van der Waals surface area contributed by atoms with Crippen LogP contribution in [0.5, 0.6) is 0 Å². The quantitative estimate of drug-likeness (QED) is 0.725. The van der Waals surface area contributed by atoms with Gasteiger partial charge in [-0.2, -0.15) is 0 Å². The molecule has 2 heterocycles. The fourth-order valence-electron chi connectivity index (χ4n) is 1.62. The molecule has 0 saturated carbocycles. The van der Waals surface area contributed by atoms with Gasteiger partial charge in [0.15, 0.2) is 0 Å². The zero-order valence-electron chi connectivity index (χ0n) is 8.27. The van der Waals surface area contributed by atoms with Gasteiger partial charge in [-0.05, 0) is 12.1 Å². The van der Waals surface area contributed by atoms with Crippen LogP contribution in [0.3, 0.4) is 0 Å². The van der Waals surface area contributed by atoms with E-state index >= 15 is 0 Å². The summed E-state index contributed by atoms with van der Waals surface area (Å²) in [4.78, 5) is 6.44. The standard InChI is InChI=1S/C10H15N3O/c1-11-8-2-3-12-9(4-8)5-13-6-10(14)7-13/h2-4,10,14H,5-7H2,1H3,(H,11,12). The van der Waals surface area contributed by atoms with Crippen LogP contribution in [0.15, 0.2) is 18.3 Å². The predicted octanol–water partition coefficient (Wildman–Crippen LogP) is 0.300. The highest BCUT2D eigenvalue weighted by Gasteiger charge is 2.24. The Labute approximate surface area is 83.6 Å². The van der Waals surface area contributed by atoms with Crippen molar-refractivity contribution in [1.29, 1.82) is 0 Å². The van der Waals surface area contributed by atoms with Gasteiger partial charge in [0.1, 0.15) is 0 Å². The van der Waals surface area contributed by atoms with Gasteiger partial charge >= 0.3 is 0 Å². The zero-order valence-corrected chi connectivity index (χ0v) is 8.27. The Bertz CT molecular complexity index is 310. The van der Waals surface area contributed by atoms with Crippen LogP contribution in [0.25, 0.3) is 0 Å². The molecule has 2 rings (SSSR count). The summed E-state index contributed by atoms with van der Waals surface area (Å²) in [6.07, 6.45) is 1.67. The first kappa shape index (κ1) is 9.43. The van der Waals surface area contributed by atoms with E-state index in [0.29, 0.717) is 0 Å². The number of pyridine rings is 1. The molecule has 14 heavy (non-hydrogen) atoms. The Balaban J connectivity index is 1.95. The lowest BCUT2D eigenvalue weighted by molar-refractivity contribution is -0.00352. The van der Waals surface area contributed by atoms with Gasteiger partial charge in [0, 0.05) is 38.6 Å². The molecule has 1 fully saturated rings. The molecule has 0 bridgehead atoms. The highest BCUT2D eigenvalue weighted by molar-refractivity contribution is 5.42. The molecule has 4 heteroatoms. The van der Waals surface area contributed by atoms with E-state index < -0.39 is 0 Å². The van der Waals surface area contributed by atoms with Gasteiger partial charge in [-0.25, -0.2) is 0 Å². The molecule has 0 amide bonds. The average Bonchev–Trinajstić information content (AvgIpc) is 2.16. The average molecular weight is 193 g/mol.